The number of urea groups is 1. The van der Waals surface area contributed by atoms with E-state index < -0.39 is 10.0 Å². The fraction of sp³-hybridized carbons (Fsp3) is 0.333. The van der Waals surface area contributed by atoms with Crippen LogP contribution in [0.25, 0.3) is 0 Å². The first-order valence-electron chi connectivity index (χ1n) is 9.75. The molecule has 0 N–H and O–H groups in total. The lowest BCUT2D eigenvalue weighted by molar-refractivity contribution is -0.116. The van der Waals surface area contributed by atoms with Crippen molar-refractivity contribution in [3.05, 3.63) is 54.6 Å². The van der Waals surface area contributed by atoms with Crippen molar-refractivity contribution in [2.45, 2.75) is 23.8 Å². The molecule has 2 aromatic rings. The van der Waals surface area contributed by atoms with Gasteiger partial charge in [0.25, 0.3) is 5.91 Å². The zero-order valence-electron chi connectivity index (χ0n) is 16.6. The monoisotopic (exact) mass is 429 g/mol. The quantitative estimate of drug-likeness (QED) is 0.681. The van der Waals surface area contributed by atoms with Gasteiger partial charge in [-0.05, 0) is 37.1 Å². The molecule has 0 aliphatic carbocycles. The number of ether oxygens (including phenoxy) is 1. The van der Waals surface area contributed by atoms with Crippen molar-refractivity contribution in [3.8, 4) is 5.75 Å². The Hall–Kier alpha value is -2.91. The number of carbonyl (C=O) groups is 2. The predicted molar refractivity (Wildman–Crippen MR) is 111 cm³/mol. The number of rotatable bonds is 5. The van der Waals surface area contributed by atoms with Crippen molar-refractivity contribution in [2.24, 2.45) is 0 Å². The molecule has 2 aliphatic heterocycles. The van der Waals surface area contributed by atoms with E-state index in [4.69, 9.17) is 4.74 Å². The Labute approximate surface area is 175 Å². The summed E-state index contributed by atoms with van der Waals surface area (Å²) in [6.45, 7) is 0.556. The number of carbonyl (C=O) groups excluding carboxylic acids is 2. The molecule has 0 aromatic heterocycles. The van der Waals surface area contributed by atoms with Crippen LogP contribution >= 0.6 is 0 Å². The first-order valence-corrected chi connectivity index (χ1v) is 11.2. The van der Waals surface area contributed by atoms with Gasteiger partial charge < -0.3 is 9.64 Å². The van der Waals surface area contributed by atoms with Crippen LogP contribution in [0, 0.1) is 0 Å². The van der Waals surface area contributed by atoms with Gasteiger partial charge in [-0.3, -0.25) is 4.79 Å². The second-order valence-electron chi connectivity index (χ2n) is 7.26. The highest BCUT2D eigenvalue weighted by atomic mass is 32.2. The van der Waals surface area contributed by atoms with E-state index >= 15 is 0 Å². The average Bonchev–Trinajstić information content (AvgIpc) is 3.08. The molecule has 9 heteroatoms. The van der Waals surface area contributed by atoms with Gasteiger partial charge in [0.2, 0.25) is 10.0 Å². The minimum absolute atomic E-state index is 0.0116. The maximum absolute atomic E-state index is 13.1. The number of nitrogens with zero attached hydrogens (tertiary/aromatic N) is 3. The number of hydrogen-bond donors (Lipinski definition) is 0. The van der Waals surface area contributed by atoms with E-state index in [2.05, 4.69) is 0 Å². The van der Waals surface area contributed by atoms with Gasteiger partial charge >= 0.3 is 6.03 Å². The van der Waals surface area contributed by atoms with Crippen LogP contribution in [0.15, 0.2) is 59.5 Å². The smallest absolute Gasteiger partial charge is 0.332 e. The Bertz CT molecular complexity index is 1050. The predicted octanol–water partition coefficient (Wildman–Crippen LogP) is 2.32. The fourth-order valence-corrected chi connectivity index (χ4v) is 5.63. The first-order chi connectivity index (χ1) is 14.4. The molecular formula is C21H23N3O5S. The molecule has 2 heterocycles. The summed E-state index contributed by atoms with van der Waals surface area (Å²) in [5.41, 5.74) is 0.547. The summed E-state index contributed by atoms with van der Waals surface area (Å²) < 4.78 is 32.7. The molecule has 2 saturated heterocycles. The number of anilines is 1. The maximum Gasteiger partial charge on any atom is 0.332 e. The lowest BCUT2D eigenvalue weighted by Crippen LogP contribution is -2.48. The summed E-state index contributed by atoms with van der Waals surface area (Å²) in [5, 5.41) is 0. The molecule has 0 atom stereocenters. The van der Waals surface area contributed by atoms with Crippen LogP contribution in [0.3, 0.4) is 0 Å². The number of benzene rings is 2. The largest absolute Gasteiger partial charge is 0.495 e. The Morgan fingerprint density at radius 2 is 1.57 bits per heavy atom. The molecule has 30 heavy (non-hydrogen) atoms. The van der Waals surface area contributed by atoms with Crippen LogP contribution < -0.4 is 9.64 Å². The van der Waals surface area contributed by atoms with Gasteiger partial charge in [-0.25, -0.2) is 18.1 Å². The number of imide groups is 1. The molecule has 2 aromatic carbocycles. The molecule has 3 amide bonds. The zero-order valence-corrected chi connectivity index (χ0v) is 17.4. The highest BCUT2D eigenvalue weighted by Crippen LogP contribution is 2.31. The summed E-state index contributed by atoms with van der Waals surface area (Å²) >= 11 is 0. The van der Waals surface area contributed by atoms with Crippen LogP contribution in [-0.4, -0.2) is 62.3 Å². The second kappa shape index (κ2) is 8.08. The molecule has 8 nitrogen and oxygen atoms in total. The molecule has 0 radical (unpaired) electrons. The van der Waals surface area contributed by atoms with Crippen molar-refractivity contribution in [3.63, 3.8) is 0 Å². The molecule has 0 unspecified atom stereocenters. The van der Waals surface area contributed by atoms with Crippen LogP contribution in [0.1, 0.15) is 12.8 Å². The summed E-state index contributed by atoms with van der Waals surface area (Å²) in [6.07, 6.45) is 0.937. The molecule has 158 valence electrons. The Balaban J connectivity index is 1.46. The molecular weight excluding hydrogens is 406 g/mol. The SMILES string of the molecule is COc1ccccc1S(=O)(=O)N1CCC(N2CC(=O)N(c3ccccc3)C2=O)CC1. The normalized spacial score (nSPS) is 18.8. The van der Waals surface area contributed by atoms with E-state index in [9.17, 15) is 18.0 Å². The van der Waals surface area contributed by atoms with E-state index in [0.717, 1.165) is 0 Å². The van der Waals surface area contributed by atoms with Gasteiger partial charge in [0.15, 0.2) is 0 Å². The minimum Gasteiger partial charge on any atom is -0.495 e. The third kappa shape index (κ3) is 3.54. The number of para-hydroxylation sites is 2. The van der Waals surface area contributed by atoms with Crippen molar-refractivity contribution in [1.82, 2.24) is 9.21 Å². The molecule has 2 fully saturated rings. The number of piperidine rings is 1. The van der Waals surface area contributed by atoms with E-state index in [-0.39, 0.29) is 42.5 Å². The van der Waals surface area contributed by atoms with E-state index in [1.54, 1.807) is 47.4 Å². The van der Waals surface area contributed by atoms with Gasteiger partial charge in [0, 0.05) is 19.1 Å². The third-order valence-electron chi connectivity index (χ3n) is 5.56. The third-order valence-corrected chi connectivity index (χ3v) is 7.50. The number of amides is 3. The van der Waals surface area contributed by atoms with Crippen LogP contribution in [0.4, 0.5) is 10.5 Å². The van der Waals surface area contributed by atoms with Gasteiger partial charge in [0.05, 0.1) is 12.8 Å². The van der Waals surface area contributed by atoms with E-state index in [1.807, 2.05) is 6.07 Å². The number of sulfonamides is 1. The zero-order chi connectivity index (χ0) is 21.3. The van der Waals surface area contributed by atoms with Crippen molar-refractivity contribution >= 4 is 27.6 Å². The molecule has 4 rings (SSSR count). The Morgan fingerprint density at radius 3 is 2.23 bits per heavy atom. The van der Waals surface area contributed by atoms with Gasteiger partial charge in [0.1, 0.15) is 17.2 Å². The van der Waals surface area contributed by atoms with E-state index in [0.29, 0.717) is 24.3 Å². The second-order valence-corrected chi connectivity index (χ2v) is 9.17. The van der Waals surface area contributed by atoms with Crippen LogP contribution in [0.2, 0.25) is 0 Å². The lowest BCUT2D eigenvalue weighted by Gasteiger charge is -2.35. The van der Waals surface area contributed by atoms with Crippen molar-refractivity contribution < 1.29 is 22.7 Å². The topological polar surface area (TPSA) is 87.2 Å². The van der Waals surface area contributed by atoms with Crippen molar-refractivity contribution in [1.29, 1.82) is 0 Å². The standard InChI is InChI=1S/C21H23N3O5S/c1-29-18-9-5-6-10-19(18)30(27,28)22-13-11-16(12-14-22)23-15-20(25)24(21(23)26)17-7-3-2-4-8-17/h2-10,16H,11-15H2,1H3. The summed E-state index contributed by atoms with van der Waals surface area (Å²) in [7, 11) is -2.26. The number of hydrogen-bond acceptors (Lipinski definition) is 5. The van der Waals surface area contributed by atoms with Crippen LogP contribution in [0.5, 0.6) is 5.75 Å². The molecule has 0 bridgehead atoms. The average molecular weight is 429 g/mol. The Kier molecular flexibility index (Phi) is 5.48. The Morgan fingerprint density at radius 1 is 0.933 bits per heavy atom. The highest BCUT2D eigenvalue weighted by Gasteiger charge is 2.42. The van der Waals surface area contributed by atoms with Crippen LogP contribution in [-0.2, 0) is 14.8 Å². The van der Waals surface area contributed by atoms with E-state index in [1.165, 1.54) is 22.4 Å². The minimum atomic E-state index is -3.70. The molecule has 2 aliphatic rings. The summed E-state index contributed by atoms with van der Waals surface area (Å²) in [5.74, 6) is 0.0358. The lowest BCUT2D eigenvalue weighted by atomic mass is 10.1. The fourth-order valence-electron chi connectivity index (χ4n) is 4.00. The van der Waals surface area contributed by atoms with Gasteiger partial charge in [-0.2, -0.15) is 4.31 Å². The summed E-state index contributed by atoms with van der Waals surface area (Å²) in [6, 6.07) is 14.8. The highest BCUT2D eigenvalue weighted by molar-refractivity contribution is 7.89. The first kappa shape index (κ1) is 20.4. The molecule has 0 spiro atoms. The maximum atomic E-state index is 13.1. The number of methoxy groups -OCH3 is 1. The van der Waals surface area contributed by atoms with Gasteiger partial charge in [-0.15, -0.1) is 0 Å². The van der Waals surface area contributed by atoms with Gasteiger partial charge in [-0.1, -0.05) is 30.3 Å². The van der Waals surface area contributed by atoms with Crippen molar-refractivity contribution in [2.75, 3.05) is 31.6 Å². The summed E-state index contributed by atoms with van der Waals surface area (Å²) in [4.78, 5) is 28.2. The molecule has 0 saturated carbocycles.